The van der Waals surface area contributed by atoms with Gasteiger partial charge in [0.15, 0.2) is 6.10 Å². The summed E-state index contributed by atoms with van der Waals surface area (Å²) in [5, 5.41) is 5.24. The number of carbonyl (C=O) groups excluding carboxylic acids is 1. The molecule has 1 atom stereocenters. The van der Waals surface area contributed by atoms with Gasteiger partial charge in [-0.2, -0.15) is 0 Å². The number of ether oxygens (including phenoxy) is 1. The van der Waals surface area contributed by atoms with E-state index in [1.807, 2.05) is 86.6 Å². The van der Waals surface area contributed by atoms with Crippen molar-refractivity contribution in [2.24, 2.45) is 0 Å². The van der Waals surface area contributed by atoms with Gasteiger partial charge in [0, 0.05) is 26.3 Å². The third-order valence-electron chi connectivity index (χ3n) is 4.58. The van der Waals surface area contributed by atoms with Crippen LogP contribution in [0.5, 0.6) is 5.75 Å². The Labute approximate surface area is 160 Å². The van der Waals surface area contributed by atoms with Crippen LogP contribution in [0, 0.1) is 0 Å². The molecule has 4 nitrogen and oxygen atoms in total. The fourth-order valence-electron chi connectivity index (χ4n) is 2.94. The molecule has 0 saturated heterocycles. The van der Waals surface area contributed by atoms with Crippen LogP contribution < -0.4 is 15.0 Å². The standard InChI is InChI=1S/C23H26N2O2/c1-4-22(27-21-14-11-18-7-5-6-8-19(18)15-21)23(26)24-16-17-9-12-20(13-10-17)25(2)3/h5-15,22H,4,16H2,1-3H3,(H,24,26). The minimum atomic E-state index is -0.507. The van der Waals surface area contributed by atoms with Gasteiger partial charge in [-0.1, -0.05) is 49.4 Å². The zero-order valence-electron chi connectivity index (χ0n) is 16.1. The Bertz CT molecular complexity index is 904. The van der Waals surface area contributed by atoms with Crippen LogP contribution in [-0.4, -0.2) is 26.1 Å². The molecule has 0 heterocycles. The molecule has 3 aromatic carbocycles. The monoisotopic (exact) mass is 362 g/mol. The largest absolute Gasteiger partial charge is 0.481 e. The zero-order valence-corrected chi connectivity index (χ0v) is 16.1. The topological polar surface area (TPSA) is 41.6 Å². The predicted octanol–water partition coefficient (Wildman–Crippen LogP) is 4.38. The van der Waals surface area contributed by atoms with Gasteiger partial charge < -0.3 is 15.0 Å². The average molecular weight is 362 g/mol. The molecule has 0 saturated carbocycles. The van der Waals surface area contributed by atoms with Crippen molar-refractivity contribution in [1.29, 1.82) is 0 Å². The first-order valence-corrected chi connectivity index (χ1v) is 9.26. The molecule has 0 radical (unpaired) electrons. The van der Waals surface area contributed by atoms with Crippen molar-refractivity contribution in [1.82, 2.24) is 5.32 Å². The molecule has 0 aliphatic heterocycles. The molecule has 0 bridgehead atoms. The molecule has 1 unspecified atom stereocenters. The molecule has 1 N–H and O–H groups in total. The highest BCUT2D eigenvalue weighted by molar-refractivity contribution is 5.84. The van der Waals surface area contributed by atoms with E-state index in [4.69, 9.17) is 4.74 Å². The lowest BCUT2D eigenvalue weighted by Gasteiger charge is -2.18. The summed E-state index contributed by atoms with van der Waals surface area (Å²) >= 11 is 0. The summed E-state index contributed by atoms with van der Waals surface area (Å²) in [6, 6.07) is 22.2. The zero-order chi connectivity index (χ0) is 19.2. The van der Waals surface area contributed by atoms with Crippen molar-refractivity contribution in [3.8, 4) is 5.75 Å². The molecule has 0 spiro atoms. The van der Waals surface area contributed by atoms with Gasteiger partial charge in [0.05, 0.1) is 0 Å². The minimum Gasteiger partial charge on any atom is -0.481 e. The van der Waals surface area contributed by atoms with E-state index < -0.39 is 6.10 Å². The molecule has 3 rings (SSSR count). The van der Waals surface area contributed by atoms with E-state index in [0.717, 1.165) is 22.0 Å². The number of hydrogen-bond acceptors (Lipinski definition) is 3. The van der Waals surface area contributed by atoms with Gasteiger partial charge in [-0.25, -0.2) is 0 Å². The number of carbonyl (C=O) groups is 1. The third kappa shape index (κ3) is 4.79. The molecule has 4 heteroatoms. The second kappa shape index (κ2) is 8.58. The van der Waals surface area contributed by atoms with Gasteiger partial charge in [0.25, 0.3) is 5.91 Å². The molecule has 0 aliphatic rings. The van der Waals surface area contributed by atoms with Gasteiger partial charge in [0.2, 0.25) is 0 Å². The highest BCUT2D eigenvalue weighted by atomic mass is 16.5. The van der Waals surface area contributed by atoms with E-state index in [2.05, 4.69) is 11.4 Å². The lowest BCUT2D eigenvalue weighted by Crippen LogP contribution is -2.37. The van der Waals surface area contributed by atoms with Crippen molar-refractivity contribution in [3.05, 3.63) is 72.3 Å². The second-order valence-electron chi connectivity index (χ2n) is 6.80. The summed E-state index contributed by atoms with van der Waals surface area (Å²) in [6.07, 6.45) is 0.102. The Morgan fingerprint density at radius 2 is 1.70 bits per heavy atom. The summed E-state index contributed by atoms with van der Waals surface area (Å²) < 4.78 is 5.95. The molecular formula is C23H26N2O2. The quantitative estimate of drug-likeness (QED) is 0.678. The average Bonchev–Trinajstić information content (AvgIpc) is 2.70. The van der Waals surface area contributed by atoms with E-state index in [0.29, 0.717) is 18.7 Å². The minimum absolute atomic E-state index is 0.0951. The molecule has 0 aromatic heterocycles. The number of hydrogen-bond donors (Lipinski definition) is 1. The van der Waals surface area contributed by atoms with Gasteiger partial charge in [-0.15, -0.1) is 0 Å². The highest BCUT2D eigenvalue weighted by Gasteiger charge is 2.18. The fourth-order valence-corrected chi connectivity index (χ4v) is 2.94. The van der Waals surface area contributed by atoms with Gasteiger partial charge >= 0.3 is 0 Å². The first kappa shape index (κ1) is 18.8. The van der Waals surface area contributed by atoms with Gasteiger partial charge in [-0.05, 0) is 47.0 Å². The summed E-state index contributed by atoms with van der Waals surface area (Å²) in [7, 11) is 4.01. The summed E-state index contributed by atoms with van der Waals surface area (Å²) in [5.74, 6) is 0.619. The maximum Gasteiger partial charge on any atom is 0.261 e. The van der Waals surface area contributed by atoms with Crippen LogP contribution in [0.3, 0.4) is 0 Å². The highest BCUT2D eigenvalue weighted by Crippen LogP contribution is 2.22. The predicted molar refractivity (Wildman–Crippen MR) is 111 cm³/mol. The maximum absolute atomic E-state index is 12.5. The summed E-state index contributed by atoms with van der Waals surface area (Å²) in [5.41, 5.74) is 2.20. The van der Waals surface area contributed by atoms with Crippen LogP contribution in [0.4, 0.5) is 5.69 Å². The molecule has 1 amide bonds. The van der Waals surface area contributed by atoms with Crippen LogP contribution in [0.2, 0.25) is 0 Å². The molecular weight excluding hydrogens is 336 g/mol. The number of anilines is 1. The molecule has 27 heavy (non-hydrogen) atoms. The fraction of sp³-hybridized carbons (Fsp3) is 0.261. The normalized spacial score (nSPS) is 11.8. The third-order valence-corrected chi connectivity index (χ3v) is 4.58. The van der Waals surface area contributed by atoms with Crippen molar-refractivity contribution >= 4 is 22.4 Å². The van der Waals surface area contributed by atoms with Crippen molar-refractivity contribution in [2.45, 2.75) is 26.0 Å². The Hall–Kier alpha value is -3.01. The number of benzene rings is 3. The number of nitrogens with zero attached hydrogens (tertiary/aromatic N) is 1. The number of fused-ring (bicyclic) bond motifs is 1. The lowest BCUT2D eigenvalue weighted by atomic mass is 10.1. The van der Waals surface area contributed by atoms with E-state index in [9.17, 15) is 4.79 Å². The SMILES string of the molecule is CCC(Oc1ccc2ccccc2c1)C(=O)NCc1ccc(N(C)C)cc1. The van der Waals surface area contributed by atoms with Crippen LogP contribution in [0.25, 0.3) is 10.8 Å². The molecule has 140 valence electrons. The summed E-state index contributed by atoms with van der Waals surface area (Å²) in [6.45, 7) is 2.45. The molecule has 3 aromatic rings. The Morgan fingerprint density at radius 3 is 2.37 bits per heavy atom. The second-order valence-corrected chi connectivity index (χ2v) is 6.80. The van der Waals surface area contributed by atoms with E-state index in [1.54, 1.807) is 0 Å². The van der Waals surface area contributed by atoms with Crippen LogP contribution in [0.1, 0.15) is 18.9 Å². The Kier molecular flexibility index (Phi) is 5.97. The van der Waals surface area contributed by atoms with E-state index in [1.165, 1.54) is 0 Å². The Morgan fingerprint density at radius 1 is 1.00 bits per heavy atom. The van der Waals surface area contributed by atoms with Crippen molar-refractivity contribution in [3.63, 3.8) is 0 Å². The van der Waals surface area contributed by atoms with Crippen LogP contribution >= 0.6 is 0 Å². The van der Waals surface area contributed by atoms with Crippen molar-refractivity contribution in [2.75, 3.05) is 19.0 Å². The van der Waals surface area contributed by atoms with Crippen molar-refractivity contribution < 1.29 is 9.53 Å². The number of amides is 1. The van der Waals surface area contributed by atoms with E-state index in [-0.39, 0.29) is 5.91 Å². The lowest BCUT2D eigenvalue weighted by molar-refractivity contribution is -0.128. The maximum atomic E-state index is 12.5. The molecule has 0 aliphatic carbocycles. The van der Waals surface area contributed by atoms with Crippen LogP contribution in [0.15, 0.2) is 66.7 Å². The Balaban J connectivity index is 1.61. The number of nitrogens with one attached hydrogen (secondary N) is 1. The molecule has 0 fully saturated rings. The van der Waals surface area contributed by atoms with Gasteiger partial charge in [0.1, 0.15) is 5.75 Å². The van der Waals surface area contributed by atoms with Crippen LogP contribution in [-0.2, 0) is 11.3 Å². The summed E-state index contributed by atoms with van der Waals surface area (Å²) in [4.78, 5) is 14.6. The number of rotatable bonds is 7. The first-order valence-electron chi connectivity index (χ1n) is 9.26. The first-order chi connectivity index (χ1) is 13.1. The van der Waals surface area contributed by atoms with E-state index >= 15 is 0 Å². The smallest absolute Gasteiger partial charge is 0.261 e. The van der Waals surface area contributed by atoms with Gasteiger partial charge in [-0.3, -0.25) is 4.79 Å².